The van der Waals surface area contributed by atoms with Gasteiger partial charge in [-0.15, -0.1) is 0 Å². The molecule has 0 spiro atoms. The molecule has 1 fully saturated rings. The Bertz CT molecular complexity index is 899. The maximum Gasteiger partial charge on any atom is 0.240 e. The van der Waals surface area contributed by atoms with E-state index in [0.29, 0.717) is 31.8 Å². The maximum absolute atomic E-state index is 13.0. The van der Waals surface area contributed by atoms with E-state index in [-0.39, 0.29) is 23.8 Å². The summed E-state index contributed by atoms with van der Waals surface area (Å²) in [7, 11) is 0. The number of likely N-dealkylation sites (tertiary alicyclic amines) is 1. The number of carbonyl (C=O) groups is 2. The second-order valence-electron chi connectivity index (χ2n) is 8.77. The van der Waals surface area contributed by atoms with Crippen LogP contribution >= 0.6 is 0 Å². The quantitative estimate of drug-likeness (QED) is 0.815. The first-order chi connectivity index (χ1) is 14.5. The molecule has 0 saturated carbocycles. The van der Waals surface area contributed by atoms with Gasteiger partial charge in [-0.05, 0) is 54.0 Å². The molecule has 2 N–H and O–H groups in total. The van der Waals surface area contributed by atoms with E-state index in [2.05, 4.69) is 48.7 Å². The summed E-state index contributed by atoms with van der Waals surface area (Å²) in [5, 5.41) is 6.42. The fourth-order valence-corrected chi connectivity index (χ4v) is 4.41. The highest BCUT2D eigenvalue weighted by Gasteiger charge is 2.32. The zero-order chi connectivity index (χ0) is 21.1. The lowest BCUT2D eigenvalue weighted by atomic mass is 9.92. The number of hydrogen-bond acceptors (Lipinski definition) is 3. The highest BCUT2D eigenvalue weighted by molar-refractivity contribution is 5.93. The zero-order valence-corrected chi connectivity index (χ0v) is 17.9. The smallest absolute Gasteiger partial charge is 0.240 e. The highest BCUT2D eigenvalue weighted by atomic mass is 16.2. The largest absolute Gasteiger partial charge is 0.341 e. The van der Waals surface area contributed by atoms with Crippen molar-refractivity contribution >= 4 is 17.5 Å². The molecule has 1 atom stereocenters. The van der Waals surface area contributed by atoms with Gasteiger partial charge in [0.2, 0.25) is 11.8 Å². The molecule has 5 heteroatoms. The van der Waals surface area contributed by atoms with Gasteiger partial charge in [-0.25, -0.2) is 0 Å². The molecule has 2 heterocycles. The third-order valence-corrected chi connectivity index (χ3v) is 6.40. The fourth-order valence-electron chi connectivity index (χ4n) is 4.41. The van der Waals surface area contributed by atoms with Crippen molar-refractivity contribution in [2.45, 2.75) is 51.6 Å². The summed E-state index contributed by atoms with van der Waals surface area (Å²) in [6.45, 7) is 6.33. The maximum atomic E-state index is 13.0. The van der Waals surface area contributed by atoms with Gasteiger partial charge >= 0.3 is 0 Å². The van der Waals surface area contributed by atoms with E-state index in [0.717, 1.165) is 18.7 Å². The van der Waals surface area contributed by atoms with Crippen LogP contribution in [-0.2, 0) is 22.6 Å². The number of amides is 2. The van der Waals surface area contributed by atoms with Gasteiger partial charge in [0, 0.05) is 31.2 Å². The molecule has 2 aliphatic heterocycles. The van der Waals surface area contributed by atoms with E-state index in [1.165, 1.54) is 16.7 Å². The number of piperidine rings is 1. The Balaban J connectivity index is 1.28. The van der Waals surface area contributed by atoms with Crippen LogP contribution in [0.1, 0.15) is 49.3 Å². The molecule has 5 nitrogen and oxygen atoms in total. The number of nitrogens with one attached hydrogen (secondary N) is 2. The summed E-state index contributed by atoms with van der Waals surface area (Å²) >= 11 is 0. The Morgan fingerprint density at radius 3 is 2.33 bits per heavy atom. The van der Waals surface area contributed by atoms with Crippen molar-refractivity contribution in [1.82, 2.24) is 10.2 Å². The first-order valence-corrected chi connectivity index (χ1v) is 11.0. The lowest BCUT2D eigenvalue weighted by Crippen LogP contribution is -2.52. The summed E-state index contributed by atoms with van der Waals surface area (Å²) < 4.78 is 0. The molecular formula is C25H31N3O2. The van der Waals surface area contributed by atoms with Crippen LogP contribution in [0.5, 0.6) is 0 Å². The SMILES string of the molecule is CC(C)c1ccc(NC(=O)C2CCN(C(=O)[C@H]3Cc4ccccc4CN3)CC2)cc1. The summed E-state index contributed by atoms with van der Waals surface area (Å²) in [5.41, 5.74) is 4.64. The fraction of sp³-hybridized carbons (Fsp3) is 0.440. The molecule has 0 unspecified atom stereocenters. The number of benzene rings is 2. The molecular weight excluding hydrogens is 374 g/mol. The molecule has 0 aromatic heterocycles. The van der Waals surface area contributed by atoms with Crippen molar-refractivity contribution in [1.29, 1.82) is 0 Å². The lowest BCUT2D eigenvalue weighted by Gasteiger charge is -2.35. The van der Waals surface area contributed by atoms with Gasteiger partial charge in [0.05, 0.1) is 6.04 Å². The van der Waals surface area contributed by atoms with E-state index < -0.39 is 0 Å². The number of anilines is 1. The van der Waals surface area contributed by atoms with Gasteiger partial charge in [-0.1, -0.05) is 50.2 Å². The van der Waals surface area contributed by atoms with Gasteiger partial charge in [-0.2, -0.15) is 0 Å². The Hall–Kier alpha value is -2.66. The van der Waals surface area contributed by atoms with Crippen molar-refractivity contribution in [2.75, 3.05) is 18.4 Å². The summed E-state index contributed by atoms with van der Waals surface area (Å²) in [4.78, 5) is 27.6. The molecule has 158 valence electrons. The van der Waals surface area contributed by atoms with Crippen LogP contribution in [0.2, 0.25) is 0 Å². The number of rotatable bonds is 4. The molecule has 0 bridgehead atoms. The van der Waals surface area contributed by atoms with Gasteiger partial charge in [-0.3, -0.25) is 9.59 Å². The van der Waals surface area contributed by atoms with Crippen LogP contribution in [0, 0.1) is 5.92 Å². The minimum Gasteiger partial charge on any atom is -0.341 e. The van der Waals surface area contributed by atoms with E-state index in [1.54, 1.807) is 0 Å². The van der Waals surface area contributed by atoms with E-state index >= 15 is 0 Å². The second-order valence-corrected chi connectivity index (χ2v) is 8.77. The Kier molecular flexibility index (Phi) is 6.18. The molecule has 1 saturated heterocycles. The number of carbonyl (C=O) groups excluding carboxylic acids is 2. The number of hydrogen-bond donors (Lipinski definition) is 2. The molecule has 2 amide bonds. The summed E-state index contributed by atoms with van der Waals surface area (Å²) in [6, 6.07) is 16.2. The first kappa shape index (κ1) is 20.6. The Morgan fingerprint density at radius 1 is 1.00 bits per heavy atom. The normalized spacial score (nSPS) is 19.4. The van der Waals surface area contributed by atoms with E-state index in [4.69, 9.17) is 0 Å². The average molecular weight is 406 g/mol. The Labute approximate surface area is 178 Å². The van der Waals surface area contributed by atoms with Crippen LogP contribution in [0.15, 0.2) is 48.5 Å². The third kappa shape index (κ3) is 4.57. The monoisotopic (exact) mass is 405 g/mol. The lowest BCUT2D eigenvalue weighted by molar-refractivity contribution is -0.136. The molecule has 0 radical (unpaired) electrons. The second kappa shape index (κ2) is 9.00. The molecule has 4 rings (SSSR count). The number of fused-ring (bicyclic) bond motifs is 1. The summed E-state index contributed by atoms with van der Waals surface area (Å²) in [6.07, 6.45) is 2.16. The minimum atomic E-state index is -0.162. The van der Waals surface area contributed by atoms with E-state index in [1.807, 2.05) is 29.2 Å². The van der Waals surface area contributed by atoms with Crippen molar-refractivity contribution in [3.05, 3.63) is 65.2 Å². The van der Waals surface area contributed by atoms with Crippen molar-refractivity contribution in [3.63, 3.8) is 0 Å². The predicted molar refractivity (Wildman–Crippen MR) is 119 cm³/mol. The van der Waals surface area contributed by atoms with Gasteiger partial charge in [0.25, 0.3) is 0 Å². The van der Waals surface area contributed by atoms with E-state index in [9.17, 15) is 9.59 Å². The highest BCUT2D eigenvalue weighted by Crippen LogP contribution is 2.23. The Morgan fingerprint density at radius 2 is 1.67 bits per heavy atom. The summed E-state index contributed by atoms with van der Waals surface area (Å²) in [5.74, 6) is 0.652. The topological polar surface area (TPSA) is 61.4 Å². The van der Waals surface area contributed by atoms with Gasteiger partial charge in [0.15, 0.2) is 0 Å². The zero-order valence-electron chi connectivity index (χ0n) is 17.9. The van der Waals surface area contributed by atoms with Crippen LogP contribution in [0.3, 0.4) is 0 Å². The predicted octanol–water partition coefficient (Wildman–Crippen LogP) is 3.70. The van der Waals surface area contributed by atoms with Crippen LogP contribution in [0.4, 0.5) is 5.69 Å². The number of nitrogens with zero attached hydrogens (tertiary/aromatic N) is 1. The minimum absolute atomic E-state index is 0.0427. The van der Waals surface area contributed by atoms with Gasteiger partial charge in [0.1, 0.15) is 0 Å². The molecule has 2 aromatic rings. The molecule has 2 aliphatic rings. The van der Waals surface area contributed by atoms with Crippen molar-refractivity contribution in [2.24, 2.45) is 5.92 Å². The molecule has 0 aliphatic carbocycles. The molecule has 30 heavy (non-hydrogen) atoms. The van der Waals surface area contributed by atoms with Crippen LogP contribution < -0.4 is 10.6 Å². The average Bonchev–Trinajstić information content (AvgIpc) is 2.78. The van der Waals surface area contributed by atoms with Crippen molar-refractivity contribution in [3.8, 4) is 0 Å². The third-order valence-electron chi connectivity index (χ3n) is 6.40. The first-order valence-electron chi connectivity index (χ1n) is 11.0. The van der Waals surface area contributed by atoms with Crippen LogP contribution in [0.25, 0.3) is 0 Å². The molecule has 2 aromatic carbocycles. The standard InChI is InChI=1S/C25H31N3O2/c1-17(2)18-7-9-22(10-8-18)27-24(29)19-11-13-28(14-12-19)25(30)23-15-20-5-3-4-6-21(20)16-26-23/h3-10,17,19,23,26H,11-16H2,1-2H3,(H,27,29)/t23-/m1/s1. The van der Waals surface area contributed by atoms with Gasteiger partial charge < -0.3 is 15.5 Å². The van der Waals surface area contributed by atoms with Crippen molar-refractivity contribution < 1.29 is 9.59 Å². The van der Waals surface area contributed by atoms with Crippen LogP contribution in [-0.4, -0.2) is 35.8 Å².